The van der Waals surface area contributed by atoms with E-state index in [9.17, 15) is 0 Å². The molecule has 0 atom stereocenters. The van der Waals surface area contributed by atoms with Crippen LogP contribution in [0.25, 0.3) is 5.65 Å². The lowest BCUT2D eigenvalue weighted by Gasteiger charge is -1.91. The molecule has 2 aromatic heterocycles. The molecule has 0 radical (unpaired) electrons. The Labute approximate surface area is 80.1 Å². The maximum absolute atomic E-state index is 5.89. The summed E-state index contributed by atoms with van der Waals surface area (Å²) < 4.78 is 6.50. The Morgan fingerprint density at radius 2 is 2.38 bits per heavy atom. The summed E-state index contributed by atoms with van der Waals surface area (Å²) in [5.41, 5.74) is 0.736. The summed E-state index contributed by atoms with van der Waals surface area (Å²) in [6.07, 6.45) is 0. The summed E-state index contributed by atoms with van der Waals surface area (Å²) in [4.78, 5) is 4.21. The molecule has 2 rings (SSSR count). The van der Waals surface area contributed by atoms with Crippen molar-refractivity contribution in [2.45, 2.75) is 6.61 Å². The highest BCUT2D eigenvalue weighted by molar-refractivity contribution is 6.29. The number of aromatic nitrogens is 3. The quantitative estimate of drug-likeness (QED) is 0.686. The molecule has 0 aliphatic rings. The van der Waals surface area contributed by atoms with E-state index in [1.165, 1.54) is 0 Å². The Morgan fingerprint density at radius 1 is 1.54 bits per heavy atom. The van der Waals surface area contributed by atoms with Crippen molar-refractivity contribution >= 4 is 17.2 Å². The van der Waals surface area contributed by atoms with Crippen LogP contribution in [0.4, 0.5) is 0 Å². The molecule has 0 aromatic carbocycles. The average molecular weight is 198 g/mol. The van der Waals surface area contributed by atoms with Crippen molar-refractivity contribution in [2.24, 2.45) is 0 Å². The number of pyridine rings is 1. The number of nitrogens with zero attached hydrogens (tertiary/aromatic N) is 3. The van der Waals surface area contributed by atoms with Gasteiger partial charge in [0.15, 0.2) is 11.5 Å². The van der Waals surface area contributed by atoms with Crippen molar-refractivity contribution in [3.05, 3.63) is 29.2 Å². The van der Waals surface area contributed by atoms with Crippen LogP contribution in [0.1, 0.15) is 5.82 Å². The number of hydrogen-bond donors (Lipinski definition) is 0. The zero-order valence-electron chi connectivity index (χ0n) is 7.07. The van der Waals surface area contributed by atoms with Gasteiger partial charge in [0.25, 0.3) is 0 Å². The van der Waals surface area contributed by atoms with Crippen LogP contribution in [0.3, 0.4) is 0 Å². The van der Waals surface area contributed by atoms with Gasteiger partial charge in [-0.1, -0.05) is 17.7 Å². The van der Waals surface area contributed by atoms with E-state index >= 15 is 0 Å². The number of hydrogen-bond acceptors (Lipinski definition) is 3. The molecule has 0 saturated heterocycles. The standard InChI is InChI=1S/C8H8ClN3O/c1-13-5-7-10-8-4-2-3-6(9)12(8)11-7/h2-4H,5H2,1H3. The summed E-state index contributed by atoms with van der Waals surface area (Å²) in [5.74, 6) is 0.635. The molecule has 0 spiro atoms. The highest BCUT2D eigenvalue weighted by Gasteiger charge is 2.04. The normalized spacial score (nSPS) is 10.9. The summed E-state index contributed by atoms with van der Waals surface area (Å²) in [5, 5.41) is 4.70. The third-order valence-electron chi connectivity index (χ3n) is 1.63. The molecule has 0 aliphatic heterocycles. The third-order valence-corrected chi connectivity index (χ3v) is 1.92. The number of rotatable bonds is 2. The van der Waals surface area contributed by atoms with Gasteiger partial charge >= 0.3 is 0 Å². The molecule has 0 aliphatic carbocycles. The van der Waals surface area contributed by atoms with Crippen LogP contribution in [0, 0.1) is 0 Å². The highest BCUT2D eigenvalue weighted by atomic mass is 35.5. The average Bonchev–Trinajstić information content (AvgIpc) is 2.49. The first-order chi connectivity index (χ1) is 6.31. The molecule has 4 nitrogen and oxygen atoms in total. The van der Waals surface area contributed by atoms with Gasteiger partial charge < -0.3 is 4.74 Å². The summed E-state index contributed by atoms with van der Waals surface area (Å²) in [6.45, 7) is 0.401. The smallest absolute Gasteiger partial charge is 0.177 e. The van der Waals surface area contributed by atoms with Crippen LogP contribution < -0.4 is 0 Å². The molecule has 0 fully saturated rings. The Hall–Kier alpha value is -1.13. The van der Waals surface area contributed by atoms with Crippen molar-refractivity contribution in [3.63, 3.8) is 0 Å². The van der Waals surface area contributed by atoms with Crippen LogP contribution in [0.15, 0.2) is 18.2 Å². The Bertz CT molecular complexity index is 426. The van der Waals surface area contributed by atoms with E-state index in [0.29, 0.717) is 17.6 Å². The van der Waals surface area contributed by atoms with Gasteiger partial charge in [-0.05, 0) is 12.1 Å². The molecule has 0 N–H and O–H groups in total. The van der Waals surface area contributed by atoms with Gasteiger partial charge in [-0.2, -0.15) is 0 Å². The first-order valence-corrected chi connectivity index (χ1v) is 4.18. The molecule has 5 heteroatoms. The fourth-order valence-electron chi connectivity index (χ4n) is 1.11. The number of fused-ring (bicyclic) bond motifs is 1. The van der Waals surface area contributed by atoms with Crippen molar-refractivity contribution in [1.29, 1.82) is 0 Å². The van der Waals surface area contributed by atoms with Gasteiger partial charge in [-0.15, -0.1) is 5.10 Å². The van der Waals surface area contributed by atoms with E-state index in [2.05, 4.69) is 10.1 Å². The second kappa shape index (κ2) is 3.32. The van der Waals surface area contributed by atoms with E-state index in [1.807, 2.05) is 12.1 Å². The SMILES string of the molecule is COCc1nc2cccc(Cl)n2n1. The van der Waals surface area contributed by atoms with E-state index in [0.717, 1.165) is 5.65 Å². The van der Waals surface area contributed by atoms with Gasteiger partial charge in [0, 0.05) is 7.11 Å². The molecule has 0 bridgehead atoms. The molecular formula is C8H8ClN3O. The lowest BCUT2D eigenvalue weighted by atomic mass is 10.5. The minimum Gasteiger partial charge on any atom is -0.377 e. The zero-order valence-corrected chi connectivity index (χ0v) is 7.82. The van der Waals surface area contributed by atoms with Gasteiger partial charge in [-0.3, -0.25) is 0 Å². The predicted octanol–water partition coefficient (Wildman–Crippen LogP) is 1.53. The maximum atomic E-state index is 5.89. The molecule has 0 saturated carbocycles. The molecule has 2 aromatic rings. The second-order valence-electron chi connectivity index (χ2n) is 2.58. The number of ether oxygens (including phenoxy) is 1. The summed E-state index contributed by atoms with van der Waals surface area (Å²) in [6, 6.07) is 5.45. The number of halogens is 1. The minimum atomic E-state index is 0.401. The fourth-order valence-corrected chi connectivity index (χ4v) is 1.31. The van der Waals surface area contributed by atoms with Gasteiger partial charge in [0.2, 0.25) is 0 Å². The zero-order chi connectivity index (χ0) is 9.26. The monoisotopic (exact) mass is 197 g/mol. The highest BCUT2D eigenvalue weighted by Crippen LogP contribution is 2.10. The minimum absolute atomic E-state index is 0.401. The lowest BCUT2D eigenvalue weighted by Crippen LogP contribution is -1.92. The second-order valence-corrected chi connectivity index (χ2v) is 2.97. The van der Waals surface area contributed by atoms with Crippen molar-refractivity contribution in [1.82, 2.24) is 14.6 Å². The van der Waals surface area contributed by atoms with Crippen LogP contribution in [0.5, 0.6) is 0 Å². The van der Waals surface area contributed by atoms with E-state index < -0.39 is 0 Å². The van der Waals surface area contributed by atoms with Gasteiger partial charge in [0.05, 0.1) is 0 Å². The molecule has 68 valence electrons. The fraction of sp³-hybridized carbons (Fsp3) is 0.250. The topological polar surface area (TPSA) is 39.4 Å². The van der Waals surface area contributed by atoms with Crippen molar-refractivity contribution < 1.29 is 4.74 Å². The first-order valence-electron chi connectivity index (χ1n) is 3.80. The van der Waals surface area contributed by atoms with Crippen LogP contribution in [0.2, 0.25) is 5.15 Å². The Kier molecular flexibility index (Phi) is 2.16. The Balaban J connectivity index is 2.55. The molecule has 13 heavy (non-hydrogen) atoms. The van der Waals surface area contributed by atoms with Crippen molar-refractivity contribution in [2.75, 3.05) is 7.11 Å². The van der Waals surface area contributed by atoms with Gasteiger partial charge in [0.1, 0.15) is 11.8 Å². The van der Waals surface area contributed by atoms with Crippen LogP contribution in [-0.2, 0) is 11.3 Å². The largest absolute Gasteiger partial charge is 0.377 e. The lowest BCUT2D eigenvalue weighted by molar-refractivity contribution is 0.178. The predicted molar refractivity (Wildman–Crippen MR) is 48.7 cm³/mol. The summed E-state index contributed by atoms with van der Waals surface area (Å²) in [7, 11) is 1.60. The molecular weight excluding hydrogens is 190 g/mol. The Morgan fingerprint density at radius 3 is 3.08 bits per heavy atom. The first kappa shape index (κ1) is 8.47. The molecule has 0 amide bonds. The maximum Gasteiger partial charge on any atom is 0.177 e. The number of methoxy groups -OCH3 is 1. The van der Waals surface area contributed by atoms with Crippen LogP contribution in [-0.4, -0.2) is 21.7 Å². The van der Waals surface area contributed by atoms with E-state index in [-0.39, 0.29) is 0 Å². The third kappa shape index (κ3) is 1.50. The molecule has 0 unspecified atom stereocenters. The van der Waals surface area contributed by atoms with E-state index in [1.54, 1.807) is 17.7 Å². The van der Waals surface area contributed by atoms with Crippen molar-refractivity contribution in [3.8, 4) is 0 Å². The van der Waals surface area contributed by atoms with Crippen LogP contribution >= 0.6 is 11.6 Å². The molecule has 2 heterocycles. The summed E-state index contributed by atoms with van der Waals surface area (Å²) >= 11 is 5.89. The van der Waals surface area contributed by atoms with E-state index in [4.69, 9.17) is 16.3 Å². The van der Waals surface area contributed by atoms with Gasteiger partial charge in [-0.25, -0.2) is 9.50 Å².